The first-order valence-electron chi connectivity index (χ1n) is 5.52. The van der Waals surface area contributed by atoms with Crippen LogP contribution >= 0.6 is 27.7 Å². The molecular formula is C12H12BrN3OS. The monoisotopic (exact) mass is 325 g/mol. The fraction of sp³-hybridized carbons (Fsp3) is 0.250. The van der Waals surface area contributed by atoms with Crippen molar-refractivity contribution in [1.82, 2.24) is 15.2 Å². The summed E-state index contributed by atoms with van der Waals surface area (Å²) in [7, 11) is 0. The highest BCUT2D eigenvalue weighted by Gasteiger charge is 2.05. The van der Waals surface area contributed by atoms with Gasteiger partial charge in [0, 0.05) is 22.2 Å². The Bertz CT molecular complexity index is 499. The molecule has 0 aliphatic rings. The first kappa shape index (κ1) is 13.3. The van der Waals surface area contributed by atoms with Gasteiger partial charge in [-0.1, -0.05) is 39.8 Å². The molecule has 0 fully saturated rings. The number of hydrogen-bond donors (Lipinski definition) is 1. The topological polar surface area (TPSA) is 58.6 Å². The molecule has 18 heavy (non-hydrogen) atoms. The number of aromatic nitrogens is 3. The largest absolute Gasteiger partial charge is 0.294 e. The standard InChI is InChI=1S/C12H12BrN3OS/c13-10-5-3-9(4-6-10)11(17)2-1-7-18-12-14-8-15-16-12/h3-6,8H,1-2,7H2,(H,14,15,16). The van der Waals surface area contributed by atoms with E-state index >= 15 is 0 Å². The molecule has 0 saturated heterocycles. The quantitative estimate of drug-likeness (QED) is 0.503. The molecular weight excluding hydrogens is 314 g/mol. The van der Waals surface area contributed by atoms with Crippen LogP contribution in [-0.2, 0) is 0 Å². The van der Waals surface area contributed by atoms with Gasteiger partial charge in [0.1, 0.15) is 6.33 Å². The van der Waals surface area contributed by atoms with Crippen LogP contribution in [0.15, 0.2) is 40.2 Å². The predicted octanol–water partition coefficient (Wildman–Crippen LogP) is 3.32. The van der Waals surface area contributed by atoms with Crippen LogP contribution in [0.25, 0.3) is 0 Å². The van der Waals surface area contributed by atoms with E-state index in [0.717, 1.165) is 27.4 Å². The fourth-order valence-electron chi connectivity index (χ4n) is 1.45. The van der Waals surface area contributed by atoms with Crippen molar-refractivity contribution in [1.29, 1.82) is 0 Å². The van der Waals surface area contributed by atoms with Gasteiger partial charge in [0.05, 0.1) is 0 Å². The number of carbonyl (C=O) groups is 1. The zero-order chi connectivity index (χ0) is 12.8. The second kappa shape index (κ2) is 6.70. The van der Waals surface area contributed by atoms with E-state index < -0.39 is 0 Å². The SMILES string of the molecule is O=C(CCCSc1ncn[nH]1)c1ccc(Br)cc1. The molecule has 2 rings (SSSR count). The lowest BCUT2D eigenvalue weighted by Gasteiger charge is -2.01. The Morgan fingerprint density at radius 1 is 1.33 bits per heavy atom. The summed E-state index contributed by atoms with van der Waals surface area (Å²) in [6, 6.07) is 7.46. The van der Waals surface area contributed by atoms with Crippen LogP contribution < -0.4 is 0 Å². The van der Waals surface area contributed by atoms with Crippen molar-refractivity contribution in [2.75, 3.05) is 5.75 Å². The molecule has 0 bridgehead atoms. The molecule has 0 unspecified atom stereocenters. The van der Waals surface area contributed by atoms with Crippen molar-refractivity contribution >= 4 is 33.5 Å². The number of carbonyl (C=O) groups excluding carboxylic acids is 1. The molecule has 94 valence electrons. The summed E-state index contributed by atoms with van der Waals surface area (Å²) in [5.74, 6) is 1.04. The molecule has 0 aliphatic carbocycles. The van der Waals surface area contributed by atoms with Crippen LogP contribution in [-0.4, -0.2) is 26.7 Å². The minimum absolute atomic E-state index is 0.181. The van der Waals surface area contributed by atoms with Gasteiger partial charge in [-0.3, -0.25) is 9.89 Å². The maximum absolute atomic E-state index is 11.9. The first-order chi connectivity index (χ1) is 8.75. The van der Waals surface area contributed by atoms with Gasteiger partial charge in [0.25, 0.3) is 0 Å². The number of hydrogen-bond acceptors (Lipinski definition) is 4. The highest BCUT2D eigenvalue weighted by Crippen LogP contribution is 2.16. The number of aromatic amines is 1. The lowest BCUT2D eigenvalue weighted by Crippen LogP contribution is -1.99. The molecule has 6 heteroatoms. The first-order valence-corrected chi connectivity index (χ1v) is 7.30. The van der Waals surface area contributed by atoms with Gasteiger partial charge < -0.3 is 0 Å². The number of nitrogens with one attached hydrogen (secondary N) is 1. The summed E-state index contributed by atoms with van der Waals surface area (Å²) < 4.78 is 0.986. The van der Waals surface area contributed by atoms with Crippen LogP contribution in [0.2, 0.25) is 0 Å². The smallest absolute Gasteiger partial charge is 0.183 e. The number of H-pyrrole nitrogens is 1. The third-order valence-electron chi connectivity index (χ3n) is 2.35. The van der Waals surface area contributed by atoms with Crippen LogP contribution in [0.1, 0.15) is 23.2 Å². The van der Waals surface area contributed by atoms with Crippen LogP contribution in [0.3, 0.4) is 0 Å². The van der Waals surface area contributed by atoms with E-state index in [4.69, 9.17) is 0 Å². The summed E-state index contributed by atoms with van der Waals surface area (Å²) in [4.78, 5) is 15.9. The zero-order valence-electron chi connectivity index (χ0n) is 9.60. The van der Waals surface area contributed by atoms with Gasteiger partial charge in [-0.05, 0) is 18.6 Å². The van der Waals surface area contributed by atoms with E-state index in [2.05, 4.69) is 31.1 Å². The molecule has 1 heterocycles. The second-order valence-corrected chi connectivity index (χ2v) is 5.67. The zero-order valence-corrected chi connectivity index (χ0v) is 12.0. The van der Waals surface area contributed by atoms with Gasteiger partial charge in [0.2, 0.25) is 0 Å². The van der Waals surface area contributed by atoms with E-state index in [0.29, 0.717) is 6.42 Å². The van der Waals surface area contributed by atoms with Gasteiger partial charge >= 0.3 is 0 Å². The molecule has 1 aromatic carbocycles. The molecule has 0 atom stereocenters. The molecule has 0 saturated carbocycles. The third-order valence-corrected chi connectivity index (χ3v) is 3.84. The Labute approximate surface area is 118 Å². The maximum Gasteiger partial charge on any atom is 0.183 e. The number of ketones is 1. The van der Waals surface area contributed by atoms with E-state index in [1.165, 1.54) is 6.33 Å². The van der Waals surface area contributed by atoms with Gasteiger partial charge in [-0.2, -0.15) is 5.10 Å². The van der Waals surface area contributed by atoms with Gasteiger partial charge in [-0.15, -0.1) is 0 Å². The van der Waals surface area contributed by atoms with Gasteiger partial charge in [-0.25, -0.2) is 4.98 Å². The van der Waals surface area contributed by atoms with Crippen molar-refractivity contribution in [3.05, 3.63) is 40.6 Å². The van der Waals surface area contributed by atoms with Crippen molar-refractivity contribution in [3.63, 3.8) is 0 Å². The average molecular weight is 326 g/mol. The predicted molar refractivity (Wildman–Crippen MR) is 74.8 cm³/mol. The van der Waals surface area contributed by atoms with Crippen LogP contribution in [0, 0.1) is 0 Å². The summed E-state index contributed by atoms with van der Waals surface area (Å²) in [5, 5.41) is 7.34. The molecule has 0 radical (unpaired) electrons. The van der Waals surface area contributed by atoms with Crippen molar-refractivity contribution in [2.45, 2.75) is 18.0 Å². The minimum atomic E-state index is 0.181. The lowest BCUT2D eigenvalue weighted by atomic mass is 10.1. The van der Waals surface area contributed by atoms with Crippen molar-refractivity contribution in [2.24, 2.45) is 0 Å². The fourth-order valence-corrected chi connectivity index (χ4v) is 2.43. The summed E-state index contributed by atoms with van der Waals surface area (Å²) >= 11 is 4.93. The summed E-state index contributed by atoms with van der Waals surface area (Å²) in [6.07, 6.45) is 2.87. The summed E-state index contributed by atoms with van der Waals surface area (Å²) in [6.45, 7) is 0. The lowest BCUT2D eigenvalue weighted by molar-refractivity contribution is 0.0982. The number of thioether (sulfide) groups is 1. The average Bonchev–Trinajstić information content (AvgIpc) is 2.88. The second-order valence-electron chi connectivity index (χ2n) is 3.67. The molecule has 0 amide bonds. The van der Waals surface area contributed by atoms with Crippen LogP contribution in [0.5, 0.6) is 0 Å². The number of Topliss-reactive ketones (excluding diaryl/α,β-unsaturated/α-hetero) is 1. The number of rotatable bonds is 6. The van der Waals surface area contributed by atoms with E-state index in [1.807, 2.05) is 24.3 Å². The molecule has 1 N–H and O–H groups in total. The Morgan fingerprint density at radius 3 is 2.78 bits per heavy atom. The van der Waals surface area contributed by atoms with E-state index in [9.17, 15) is 4.79 Å². The normalized spacial score (nSPS) is 10.5. The molecule has 4 nitrogen and oxygen atoms in total. The number of halogens is 1. The third kappa shape index (κ3) is 3.96. The highest BCUT2D eigenvalue weighted by atomic mass is 79.9. The Kier molecular flexibility index (Phi) is 4.95. The molecule has 0 aliphatic heterocycles. The molecule has 0 spiro atoms. The number of benzene rings is 1. The number of nitrogens with zero attached hydrogens (tertiary/aromatic N) is 2. The van der Waals surface area contributed by atoms with Crippen molar-refractivity contribution in [3.8, 4) is 0 Å². The Morgan fingerprint density at radius 2 is 2.11 bits per heavy atom. The Hall–Kier alpha value is -1.14. The van der Waals surface area contributed by atoms with Gasteiger partial charge in [0.15, 0.2) is 10.9 Å². The summed E-state index contributed by atoms with van der Waals surface area (Å²) in [5.41, 5.74) is 0.767. The maximum atomic E-state index is 11.9. The van der Waals surface area contributed by atoms with E-state index in [1.54, 1.807) is 11.8 Å². The van der Waals surface area contributed by atoms with E-state index in [-0.39, 0.29) is 5.78 Å². The molecule has 1 aromatic heterocycles. The highest BCUT2D eigenvalue weighted by molar-refractivity contribution is 9.10. The van der Waals surface area contributed by atoms with Crippen LogP contribution in [0.4, 0.5) is 0 Å². The van der Waals surface area contributed by atoms with Crippen molar-refractivity contribution < 1.29 is 4.79 Å². The minimum Gasteiger partial charge on any atom is -0.294 e. The molecule has 2 aromatic rings. The Balaban J connectivity index is 1.73.